The van der Waals surface area contributed by atoms with Crippen molar-refractivity contribution in [3.05, 3.63) is 58.1 Å². The lowest BCUT2D eigenvalue weighted by Crippen LogP contribution is -2.29. The lowest BCUT2D eigenvalue weighted by atomic mass is 10.1. The molecule has 0 aliphatic carbocycles. The van der Waals surface area contributed by atoms with Gasteiger partial charge in [-0.15, -0.1) is 0 Å². The van der Waals surface area contributed by atoms with Crippen LogP contribution in [0.4, 0.5) is 10.1 Å². The Morgan fingerprint density at radius 1 is 1.32 bits per heavy atom. The van der Waals surface area contributed by atoms with Crippen molar-refractivity contribution in [3.8, 4) is 0 Å². The Morgan fingerprint density at radius 3 is 2.95 bits per heavy atom. The summed E-state index contributed by atoms with van der Waals surface area (Å²) >= 11 is 3.24. The number of aromatic nitrogens is 1. The number of anilines is 1. The van der Waals surface area contributed by atoms with Gasteiger partial charge in [0.15, 0.2) is 0 Å². The molecule has 1 aromatic heterocycles. The molecular weight excluding hydrogens is 311 g/mol. The third-order valence-corrected chi connectivity index (χ3v) is 3.56. The summed E-state index contributed by atoms with van der Waals surface area (Å²) in [7, 11) is 0. The van der Waals surface area contributed by atoms with Crippen LogP contribution in [-0.2, 0) is 6.42 Å². The molecule has 19 heavy (non-hydrogen) atoms. The monoisotopic (exact) mass is 320 g/mol. The Morgan fingerprint density at radius 2 is 2.16 bits per heavy atom. The maximum Gasteiger partial charge on any atom is 0.276 e. The highest BCUT2D eigenvalue weighted by atomic mass is 79.9. The Kier molecular flexibility index (Phi) is 3.06. The van der Waals surface area contributed by atoms with Crippen molar-refractivity contribution < 1.29 is 9.18 Å². The number of amides is 1. The second-order valence-electron chi connectivity index (χ2n) is 4.33. The number of hydrogen-bond donors (Lipinski definition) is 0. The van der Waals surface area contributed by atoms with Gasteiger partial charge in [0.1, 0.15) is 16.1 Å². The molecule has 5 heteroatoms. The molecule has 1 amide bonds. The molecule has 0 N–H and O–H groups in total. The first kappa shape index (κ1) is 12.3. The first-order valence-corrected chi connectivity index (χ1v) is 6.67. The van der Waals surface area contributed by atoms with Crippen LogP contribution in [0.5, 0.6) is 0 Å². The highest BCUT2D eigenvalue weighted by Crippen LogP contribution is 2.29. The van der Waals surface area contributed by atoms with Crippen LogP contribution in [0.3, 0.4) is 0 Å². The number of pyridine rings is 1. The summed E-state index contributed by atoms with van der Waals surface area (Å²) in [5, 5.41) is 0. The highest BCUT2D eigenvalue weighted by molar-refractivity contribution is 9.10. The first-order chi connectivity index (χ1) is 9.15. The number of nitrogens with zero attached hydrogens (tertiary/aromatic N) is 2. The van der Waals surface area contributed by atoms with E-state index in [-0.39, 0.29) is 11.7 Å². The Hall–Kier alpha value is -1.75. The number of benzene rings is 1. The summed E-state index contributed by atoms with van der Waals surface area (Å²) in [6.45, 7) is 0.561. The average molecular weight is 321 g/mol. The molecule has 0 saturated carbocycles. The van der Waals surface area contributed by atoms with Crippen molar-refractivity contribution in [3.63, 3.8) is 0 Å². The van der Waals surface area contributed by atoms with E-state index in [9.17, 15) is 9.18 Å². The number of carbonyl (C=O) groups is 1. The van der Waals surface area contributed by atoms with Crippen LogP contribution in [0.1, 0.15) is 16.1 Å². The second kappa shape index (κ2) is 4.74. The van der Waals surface area contributed by atoms with E-state index in [4.69, 9.17) is 0 Å². The summed E-state index contributed by atoms with van der Waals surface area (Å²) in [5.41, 5.74) is 1.99. The normalized spacial score (nSPS) is 13.5. The highest BCUT2D eigenvalue weighted by Gasteiger charge is 2.26. The molecule has 0 fully saturated rings. The third-order valence-electron chi connectivity index (χ3n) is 3.12. The minimum atomic E-state index is -0.333. The van der Waals surface area contributed by atoms with Crippen molar-refractivity contribution in [2.24, 2.45) is 0 Å². The Bertz CT molecular complexity index is 660. The van der Waals surface area contributed by atoms with Gasteiger partial charge in [-0.25, -0.2) is 9.37 Å². The van der Waals surface area contributed by atoms with E-state index >= 15 is 0 Å². The smallest absolute Gasteiger partial charge is 0.276 e. The summed E-state index contributed by atoms with van der Waals surface area (Å²) in [6.07, 6.45) is 0.745. The number of halogens is 2. The van der Waals surface area contributed by atoms with Crippen LogP contribution in [0, 0.1) is 5.82 Å². The summed E-state index contributed by atoms with van der Waals surface area (Å²) < 4.78 is 13.9. The molecule has 1 aliphatic rings. The van der Waals surface area contributed by atoms with Gasteiger partial charge in [0, 0.05) is 6.54 Å². The zero-order valence-electron chi connectivity index (χ0n) is 9.94. The number of carbonyl (C=O) groups excluding carboxylic acids is 1. The van der Waals surface area contributed by atoms with Gasteiger partial charge in [-0.05, 0) is 52.2 Å². The molecule has 0 unspecified atom stereocenters. The molecule has 3 nitrogen and oxygen atoms in total. The van der Waals surface area contributed by atoms with Crippen molar-refractivity contribution in [1.82, 2.24) is 4.98 Å². The van der Waals surface area contributed by atoms with Crippen LogP contribution >= 0.6 is 15.9 Å². The molecule has 1 aromatic carbocycles. The van der Waals surface area contributed by atoms with Gasteiger partial charge in [-0.3, -0.25) is 4.79 Å². The third kappa shape index (κ3) is 2.26. The molecule has 2 heterocycles. The predicted molar refractivity (Wildman–Crippen MR) is 73.7 cm³/mol. The Balaban J connectivity index is 1.97. The van der Waals surface area contributed by atoms with E-state index in [1.165, 1.54) is 12.1 Å². The minimum Gasteiger partial charge on any atom is -0.306 e. The van der Waals surface area contributed by atoms with Gasteiger partial charge < -0.3 is 4.90 Å². The minimum absolute atomic E-state index is 0.203. The molecule has 2 aromatic rings. The lowest BCUT2D eigenvalue weighted by Gasteiger charge is -2.16. The maximum atomic E-state index is 13.3. The molecular formula is C14H10BrFN2O. The van der Waals surface area contributed by atoms with E-state index in [2.05, 4.69) is 20.9 Å². The van der Waals surface area contributed by atoms with Crippen molar-refractivity contribution >= 4 is 27.5 Å². The van der Waals surface area contributed by atoms with Gasteiger partial charge in [0.25, 0.3) is 5.91 Å². The van der Waals surface area contributed by atoms with Gasteiger partial charge >= 0.3 is 0 Å². The fourth-order valence-electron chi connectivity index (χ4n) is 2.23. The van der Waals surface area contributed by atoms with Crippen LogP contribution < -0.4 is 4.90 Å². The Labute approximate surface area is 118 Å². The summed E-state index contributed by atoms with van der Waals surface area (Å²) in [6, 6.07) is 9.72. The van der Waals surface area contributed by atoms with Gasteiger partial charge in [-0.2, -0.15) is 0 Å². The molecule has 1 aliphatic heterocycles. The average Bonchev–Trinajstić information content (AvgIpc) is 2.80. The molecule has 0 saturated heterocycles. The van der Waals surface area contributed by atoms with Crippen molar-refractivity contribution in [1.29, 1.82) is 0 Å². The molecule has 0 bridgehead atoms. The molecule has 0 radical (unpaired) electrons. The van der Waals surface area contributed by atoms with E-state index < -0.39 is 0 Å². The van der Waals surface area contributed by atoms with Crippen molar-refractivity contribution in [2.45, 2.75) is 6.42 Å². The lowest BCUT2D eigenvalue weighted by molar-refractivity contribution is 0.0984. The molecule has 3 rings (SSSR count). The zero-order chi connectivity index (χ0) is 13.4. The van der Waals surface area contributed by atoms with Crippen LogP contribution in [0.2, 0.25) is 0 Å². The number of fused-ring (bicyclic) bond motifs is 1. The van der Waals surface area contributed by atoms with Crippen LogP contribution in [0.25, 0.3) is 0 Å². The quantitative estimate of drug-likeness (QED) is 0.756. The molecule has 96 valence electrons. The van der Waals surface area contributed by atoms with E-state index in [0.717, 1.165) is 12.0 Å². The standard InChI is InChI=1S/C14H10BrFN2O/c15-13-3-1-2-11(17-13)14(19)18-7-6-9-4-5-10(16)8-12(9)18/h1-5,8H,6-7H2. The molecule has 0 atom stereocenters. The fourth-order valence-corrected chi connectivity index (χ4v) is 2.57. The van der Waals surface area contributed by atoms with Gasteiger partial charge in [0.05, 0.1) is 5.69 Å². The number of hydrogen-bond acceptors (Lipinski definition) is 2. The SMILES string of the molecule is O=C(c1cccc(Br)n1)N1CCc2ccc(F)cc21. The van der Waals surface area contributed by atoms with E-state index in [1.54, 1.807) is 29.2 Å². The van der Waals surface area contributed by atoms with Crippen LogP contribution in [-0.4, -0.2) is 17.4 Å². The summed E-state index contributed by atoms with van der Waals surface area (Å²) in [5.74, 6) is -0.536. The van der Waals surface area contributed by atoms with Gasteiger partial charge in [-0.1, -0.05) is 12.1 Å². The summed E-state index contributed by atoms with van der Waals surface area (Å²) in [4.78, 5) is 18.1. The van der Waals surface area contributed by atoms with Crippen LogP contribution in [0.15, 0.2) is 41.0 Å². The largest absolute Gasteiger partial charge is 0.306 e. The molecule has 0 spiro atoms. The number of rotatable bonds is 1. The zero-order valence-corrected chi connectivity index (χ0v) is 11.5. The van der Waals surface area contributed by atoms with Crippen molar-refractivity contribution in [2.75, 3.05) is 11.4 Å². The predicted octanol–water partition coefficient (Wildman–Crippen LogP) is 3.19. The topological polar surface area (TPSA) is 33.2 Å². The van der Waals surface area contributed by atoms with E-state index in [0.29, 0.717) is 22.5 Å². The second-order valence-corrected chi connectivity index (χ2v) is 5.14. The van der Waals surface area contributed by atoms with E-state index in [1.807, 2.05) is 0 Å². The van der Waals surface area contributed by atoms with Gasteiger partial charge in [0.2, 0.25) is 0 Å². The maximum absolute atomic E-state index is 13.3. The fraction of sp³-hybridized carbons (Fsp3) is 0.143. The first-order valence-electron chi connectivity index (χ1n) is 5.88.